The first-order valence-electron chi connectivity index (χ1n) is 6.16. The van der Waals surface area contributed by atoms with Gasteiger partial charge in [0.2, 0.25) is 0 Å². The molecule has 0 saturated carbocycles. The minimum absolute atomic E-state index is 0.167. The highest BCUT2D eigenvalue weighted by Gasteiger charge is 2.17. The van der Waals surface area contributed by atoms with Gasteiger partial charge in [0.05, 0.1) is 0 Å². The van der Waals surface area contributed by atoms with Gasteiger partial charge in [-0.2, -0.15) is 0 Å². The average Bonchev–Trinajstić information content (AvgIpc) is 2.43. The zero-order valence-electron chi connectivity index (χ0n) is 10.9. The fourth-order valence-electron chi connectivity index (χ4n) is 1.62. The van der Waals surface area contributed by atoms with Crippen molar-refractivity contribution in [1.29, 1.82) is 0 Å². The lowest BCUT2D eigenvalue weighted by atomic mass is 10.1. The molecule has 0 saturated heterocycles. The van der Waals surface area contributed by atoms with E-state index < -0.39 is 5.91 Å². The number of carbonyl (C=O) groups is 2. The maximum Gasteiger partial charge on any atom is 0.262 e. The van der Waals surface area contributed by atoms with Crippen LogP contribution in [0.2, 0.25) is 0 Å². The monoisotopic (exact) mass is 265 g/mol. The lowest BCUT2D eigenvalue weighted by Crippen LogP contribution is -2.40. The second-order valence-corrected chi connectivity index (χ2v) is 4.24. The first-order valence-corrected chi connectivity index (χ1v) is 6.16. The van der Waals surface area contributed by atoms with Gasteiger partial charge in [0, 0.05) is 17.8 Å². The summed E-state index contributed by atoms with van der Waals surface area (Å²) in [5.74, 6) is -0.864. The van der Waals surface area contributed by atoms with Crippen molar-refractivity contribution in [2.45, 2.75) is 19.8 Å². The summed E-state index contributed by atoms with van der Waals surface area (Å²) in [4.78, 5) is 24.8. The summed E-state index contributed by atoms with van der Waals surface area (Å²) in [5.41, 5.74) is 8.14. The van der Waals surface area contributed by atoms with E-state index in [2.05, 4.69) is 0 Å². The van der Waals surface area contributed by atoms with Crippen LogP contribution in [0.25, 0.3) is 0 Å². The van der Waals surface area contributed by atoms with Gasteiger partial charge in [-0.15, -0.1) is 0 Å². The van der Waals surface area contributed by atoms with Gasteiger partial charge in [0.1, 0.15) is 6.54 Å². The van der Waals surface area contributed by atoms with Crippen LogP contribution in [0.5, 0.6) is 0 Å². The molecule has 4 N–H and O–H groups in total. The van der Waals surface area contributed by atoms with E-state index in [0.29, 0.717) is 17.8 Å². The Morgan fingerprint density at radius 1 is 1.32 bits per heavy atom. The molecular formula is C13H19N3O3. The lowest BCUT2D eigenvalue weighted by Gasteiger charge is -2.21. The molecular weight excluding hydrogens is 246 g/mol. The maximum absolute atomic E-state index is 12.2. The molecule has 0 aliphatic carbocycles. The average molecular weight is 265 g/mol. The molecule has 0 aromatic heterocycles. The highest BCUT2D eigenvalue weighted by molar-refractivity contribution is 5.96. The summed E-state index contributed by atoms with van der Waals surface area (Å²) >= 11 is 0. The predicted molar refractivity (Wildman–Crippen MR) is 71.6 cm³/mol. The van der Waals surface area contributed by atoms with Crippen molar-refractivity contribution in [3.63, 3.8) is 0 Å². The van der Waals surface area contributed by atoms with Crippen molar-refractivity contribution in [2.75, 3.05) is 18.8 Å². The van der Waals surface area contributed by atoms with Gasteiger partial charge in [-0.3, -0.25) is 14.8 Å². The molecule has 1 aromatic carbocycles. The maximum atomic E-state index is 12.2. The van der Waals surface area contributed by atoms with Crippen molar-refractivity contribution in [1.82, 2.24) is 10.4 Å². The van der Waals surface area contributed by atoms with Gasteiger partial charge >= 0.3 is 0 Å². The van der Waals surface area contributed by atoms with Crippen molar-refractivity contribution in [2.24, 2.45) is 0 Å². The molecule has 0 atom stereocenters. The molecule has 2 amide bonds. The molecule has 1 aromatic rings. The quantitative estimate of drug-likeness (QED) is 0.406. The summed E-state index contributed by atoms with van der Waals surface area (Å²) in [6.45, 7) is 2.30. The molecule has 19 heavy (non-hydrogen) atoms. The minimum atomic E-state index is -0.611. The molecule has 0 spiro atoms. The second kappa shape index (κ2) is 7.38. The highest BCUT2D eigenvalue weighted by atomic mass is 16.5. The number of hydroxylamine groups is 1. The highest BCUT2D eigenvalue weighted by Crippen LogP contribution is 2.09. The Morgan fingerprint density at radius 3 is 2.47 bits per heavy atom. The molecule has 6 nitrogen and oxygen atoms in total. The Morgan fingerprint density at radius 2 is 1.95 bits per heavy atom. The van der Waals surface area contributed by atoms with Gasteiger partial charge in [-0.1, -0.05) is 13.3 Å². The van der Waals surface area contributed by atoms with Crippen molar-refractivity contribution >= 4 is 17.5 Å². The Hall–Kier alpha value is -2.08. The molecule has 0 radical (unpaired) electrons. The van der Waals surface area contributed by atoms with E-state index >= 15 is 0 Å². The summed E-state index contributed by atoms with van der Waals surface area (Å²) in [7, 11) is 0. The third kappa shape index (κ3) is 4.59. The van der Waals surface area contributed by atoms with E-state index in [1.165, 1.54) is 10.4 Å². The number of nitrogens with two attached hydrogens (primary N) is 1. The first-order chi connectivity index (χ1) is 9.08. The number of rotatable bonds is 6. The summed E-state index contributed by atoms with van der Waals surface area (Å²) in [6, 6.07) is 6.51. The second-order valence-electron chi connectivity index (χ2n) is 4.24. The van der Waals surface area contributed by atoms with Crippen molar-refractivity contribution in [3.8, 4) is 0 Å². The number of benzene rings is 1. The summed E-state index contributed by atoms with van der Waals surface area (Å²) in [5, 5.41) is 8.54. The number of carbonyl (C=O) groups excluding carboxylic acids is 2. The third-order valence-corrected chi connectivity index (χ3v) is 2.69. The number of nitrogen functional groups attached to an aromatic ring is 1. The molecule has 0 aliphatic heterocycles. The van der Waals surface area contributed by atoms with E-state index in [0.717, 1.165) is 12.8 Å². The standard InChI is InChI=1S/C13H19N3O3/c1-2-3-8-16(9-12(17)15-19)13(18)10-4-6-11(14)7-5-10/h4-7,19H,2-3,8-9,14H2,1H3,(H,15,17). The fourth-order valence-corrected chi connectivity index (χ4v) is 1.62. The van der Waals surface area contributed by atoms with Crippen LogP contribution in [0, 0.1) is 0 Å². The van der Waals surface area contributed by atoms with Crippen LogP contribution in [0.4, 0.5) is 5.69 Å². The number of hydrogen-bond acceptors (Lipinski definition) is 4. The van der Waals surface area contributed by atoms with E-state index in [9.17, 15) is 9.59 Å². The Kier molecular flexibility index (Phi) is 5.81. The van der Waals surface area contributed by atoms with Crippen LogP contribution < -0.4 is 11.2 Å². The van der Waals surface area contributed by atoms with Crippen molar-refractivity contribution in [3.05, 3.63) is 29.8 Å². The summed E-state index contributed by atoms with van der Waals surface area (Å²) in [6.07, 6.45) is 1.70. The molecule has 0 unspecified atom stereocenters. The van der Waals surface area contributed by atoms with Crippen LogP contribution in [-0.2, 0) is 4.79 Å². The van der Waals surface area contributed by atoms with Gasteiger partial charge < -0.3 is 10.6 Å². The SMILES string of the molecule is CCCCN(CC(=O)NO)C(=O)c1ccc(N)cc1. The zero-order chi connectivity index (χ0) is 14.3. The molecule has 0 bridgehead atoms. The van der Waals surface area contributed by atoms with Crippen LogP contribution >= 0.6 is 0 Å². The van der Waals surface area contributed by atoms with Crippen molar-refractivity contribution < 1.29 is 14.8 Å². The van der Waals surface area contributed by atoms with E-state index in [1.807, 2.05) is 6.92 Å². The zero-order valence-corrected chi connectivity index (χ0v) is 10.9. The molecule has 104 valence electrons. The minimum Gasteiger partial charge on any atom is -0.399 e. The van der Waals surface area contributed by atoms with E-state index in [1.54, 1.807) is 24.3 Å². The molecule has 1 rings (SSSR count). The molecule has 0 aliphatic rings. The van der Waals surface area contributed by atoms with Gasteiger partial charge in [0.15, 0.2) is 0 Å². The molecule has 0 heterocycles. The molecule has 6 heteroatoms. The topological polar surface area (TPSA) is 95.7 Å². The largest absolute Gasteiger partial charge is 0.399 e. The van der Waals surface area contributed by atoms with Crippen LogP contribution in [0.15, 0.2) is 24.3 Å². The van der Waals surface area contributed by atoms with E-state index in [4.69, 9.17) is 10.9 Å². The normalized spacial score (nSPS) is 10.0. The number of amides is 2. The molecule has 0 fully saturated rings. The predicted octanol–water partition coefficient (Wildman–Crippen LogP) is 1.02. The van der Waals surface area contributed by atoms with E-state index in [-0.39, 0.29) is 12.5 Å². The van der Waals surface area contributed by atoms with Crippen LogP contribution in [0.3, 0.4) is 0 Å². The third-order valence-electron chi connectivity index (χ3n) is 2.69. The lowest BCUT2D eigenvalue weighted by molar-refractivity contribution is -0.129. The number of unbranched alkanes of at least 4 members (excludes halogenated alkanes) is 1. The summed E-state index contributed by atoms with van der Waals surface area (Å²) < 4.78 is 0. The Labute approximate surface area is 112 Å². The fraction of sp³-hybridized carbons (Fsp3) is 0.385. The Balaban J connectivity index is 2.80. The number of hydrogen-bond donors (Lipinski definition) is 3. The number of nitrogens with one attached hydrogen (secondary N) is 1. The van der Waals surface area contributed by atoms with Crippen LogP contribution in [-0.4, -0.2) is 35.0 Å². The number of nitrogens with zero attached hydrogens (tertiary/aromatic N) is 1. The smallest absolute Gasteiger partial charge is 0.262 e. The van der Waals surface area contributed by atoms with Crippen LogP contribution in [0.1, 0.15) is 30.1 Å². The van der Waals surface area contributed by atoms with Gasteiger partial charge in [-0.25, -0.2) is 5.48 Å². The first kappa shape index (κ1) is 15.0. The Bertz CT molecular complexity index is 431. The number of anilines is 1. The van der Waals surface area contributed by atoms with Gasteiger partial charge in [-0.05, 0) is 30.7 Å². The van der Waals surface area contributed by atoms with Gasteiger partial charge in [0.25, 0.3) is 11.8 Å².